The first kappa shape index (κ1) is 17.7. The molecular weight excluding hydrogens is 334 g/mol. The third kappa shape index (κ3) is 4.70. The molecule has 1 atom stereocenters. The zero-order chi connectivity index (χ0) is 17.8. The second-order valence-electron chi connectivity index (χ2n) is 6.34. The van der Waals surface area contributed by atoms with Gasteiger partial charge in [0.15, 0.2) is 10.2 Å². The van der Waals surface area contributed by atoms with Crippen molar-refractivity contribution in [3.05, 3.63) is 53.8 Å². The number of rotatable bonds is 7. The van der Waals surface area contributed by atoms with Gasteiger partial charge in [-0.15, -0.1) is 10.2 Å². The first-order valence-electron chi connectivity index (χ1n) is 8.23. The van der Waals surface area contributed by atoms with Crippen LogP contribution in [0.25, 0.3) is 0 Å². The van der Waals surface area contributed by atoms with Gasteiger partial charge in [-0.2, -0.15) is 0 Å². The molecule has 1 unspecified atom stereocenters. The minimum atomic E-state index is 0.370. The Labute approximate surface area is 152 Å². The first-order chi connectivity index (χ1) is 12.0. The number of hydrogen-bond donors (Lipinski definition) is 0. The molecule has 0 saturated carbocycles. The van der Waals surface area contributed by atoms with Gasteiger partial charge >= 0.3 is 0 Å². The van der Waals surface area contributed by atoms with E-state index in [2.05, 4.69) is 47.0 Å². The van der Waals surface area contributed by atoms with E-state index in [1.165, 1.54) is 17.3 Å². The molecule has 7 heteroatoms. The fourth-order valence-corrected chi connectivity index (χ4v) is 3.27. The number of furan rings is 1. The summed E-state index contributed by atoms with van der Waals surface area (Å²) in [4.78, 5) is 6.73. The van der Waals surface area contributed by atoms with E-state index >= 15 is 0 Å². The summed E-state index contributed by atoms with van der Waals surface area (Å²) in [6.45, 7) is 5.06. The average Bonchev–Trinajstić information content (AvgIpc) is 3.17. The second-order valence-corrected chi connectivity index (χ2v) is 7.31. The SMILES string of the molecule is Cc1ccnc(CC(C)N(C)Cc2ccc(Sc3nncn3C)o2)c1. The number of aryl methyl sites for hydroxylation is 2. The summed E-state index contributed by atoms with van der Waals surface area (Å²) < 4.78 is 7.80. The van der Waals surface area contributed by atoms with Crippen LogP contribution in [0.2, 0.25) is 0 Å². The number of likely N-dealkylation sites (N-methyl/N-ethyl adjacent to an activating group) is 1. The van der Waals surface area contributed by atoms with Crippen LogP contribution in [0.3, 0.4) is 0 Å². The van der Waals surface area contributed by atoms with Crippen LogP contribution in [-0.2, 0) is 20.0 Å². The van der Waals surface area contributed by atoms with Crippen LogP contribution >= 0.6 is 11.8 Å². The number of nitrogens with zero attached hydrogens (tertiary/aromatic N) is 5. The van der Waals surface area contributed by atoms with E-state index in [0.717, 1.165) is 34.7 Å². The maximum Gasteiger partial charge on any atom is 0.198 e. The largest absolute Gasteiger partial charge is 0.453 e. The summed E-state index contributed by atoms with van der Waals surface area (Å²) in [5, 5.41) is 9.58. The molecule has 3 aromatic heterocycles. The summed E-state index contributed by atoms with van der Waals surface area (Å²) in [5.74, 6) is 0.941. The van der Waals surface area contributed by atoms with Crippen molar-refractivity contribution >= 4 is 11.8 Å². The predicted octanol–water partition coefficient (Wildman–Crippen LogP) is 3.33. The van der Waals surface area contributed by atoms with Crippen LogP contribution in [0, 0.1) is 6.92 Å². The van der Waals surface area contributed by atoms with Crippen molar-refractivity contribution < 1.29 is 4.42 Å². The predicted molar refractivity (Wildman–Crippen MR) is 97.4 cm³/mol. The maximum absolute atomic E-state index is 5.93. The molecule has 0 amide bonds. The molecule has 0 aliphatic carbocycles. The van der Waals surface area contributed by atoms with Crippen molar-refractivity contribution in [2.24, 2.45) is 7.05 Å². The molecule has 0 aliphatic heterocycles. The van der Waals surface area contributed by atoms with E-state index in [0.29, 0.717) is 6.04 Å². The lowest BCUT2D eigenvalue weighted by molar-refractivity contribution is 0.222. The summed E-state index contributed by atoms with van der Waals surface area (Å²) in [6.07, 6.45) is 4.47. The molecule has 0 N–H and O–H groups in total. The third-order valence-electron chi connectivity index (χ3n) is 4.13. The van der Waals surface area contributed by atoms with Crippen LogP contribution in [-0.4, -0.2) is 37.7 Å². The van der Waals surface area contributed by atoms with E-state index in [1.807, 2.05) is 36.0 Å². The zero-order valence-corrected chi connectivity index (χ0v) is 15.8. The zero-order valence-electron chi connectivity index (χ0n) is 15.0. The maximum atomic E-state index is 5.93. The molecule has 6 nitrogen and oxygen atoms in total. The van der Waals surface area contributed by atoms with Crippen molar-refractivity contribution in [1.82, 2.24) is 24.6 Å². The lowest BCUT2D eigenvalue weighted by Gasteiger charge is -2.23. The van der Waals surface area contributed by atoms with E-state index in [4.69, 9.17) is 4.42 Å². The number of pyridine rings is 1. The molecule has 3 rings (SSSR count). The van der Waals surface area contributed by atoms with Crippen LogP contribution in [0.4, 0.5) is 0 Å². The summed E-state index contributed by atoms with van der Waals surface area (Å²) in [7, 11) is 4.03. The molecule has 132 valence electrons. The van der Waals surface area contributed by atoms with E-state index in [1.54, 1.807) is 6.33 Å². The van der Waals surface area contributed by atoms with Gasteiger partial charge in [0.1, 0.15) is 12.1 Å². The lowest BCUT2D eigenvalue weighted by Crippen LogP contribution is -2.30. The van der Waals surface area contributed by atoms with Crippen molar-refractivity contribution in [2.45, 2.75) is 43.1 Å². The highest BCUT2D eigenvalue weighted by Crippen LogP contribution is 2.27. The Morgan fingerprint density at radius 1 is 1.32 bits per heavy atom. The normalized spacial score (nSPS) is 12.7. The minimum absolute atomic E-state index is 0.370. The fraction of sp³-hybridized carbons (Fsp3) is 0.389. The highest BCUT2D eigenvalue weighted by molar-refractivity contribution is 7.99. The molecule has 3 heterocycles. The second kappa shape index (κ2) is 7.84. The lowest BCUT2D eigenvalue weighted by atomic mass is 10.1. The van der Waals surface area contributed by atoms with E-state index in [9.17, 15) is 0 Å². The van der Waals surface area contributed by atoms with Crippen molar-refractivity contribution in [3.8, 4) is 0 Å². The van der Waals surface area contributed by atoms with Crippen molar-refractivity contribution in [2.75, 3.05) is 7.05 Å². The van der Waals surface area contributed by atoms with Gasteiger partial charge in [-0.1, -0.05) is 0 Å². The molecule has 0 saturated heterocycles. The standard InChI is InChI=1S/C18H23N5OS/c1-13-7-8-19-15(9-13)10-14(2)22(3)11-16-5-6-17(24-16)25-18-21-20-12-23(18)4/h5-9,12,14H,10-11H2,1-4H3. The molecule has 0 radical (unpaired) electrons. The average molecular weight is 357 g/mol. The molecule has 0 bridgehead atoms. The molecule has 25 heavy (non-hydrogen) atoms. The van der Waals surface area contributed by atoms with Crippen LogP contribution < -0.4 is 0 Å². The Morgan fingerprint density at radius 3 is 2.88 bits per heavy atom. The van der Waals surface area contributed by atoms with E-state index in [-0.39, 0.29) is 0 Å². The Morgan fingerprint density at radius 2 is 2.16 bits per heavy atom. The van der Waals surface area contributed by atoms with Crippen LogP contribution in [0.1, 0.15) is 23.9 Å². The first-order valence-corrected chi connectivity index (χ1v) is 9.05. The molecule has 0 fully saturated rings. The van der Waals surface area contributed by atoms with Gasteiger partial charge in [0.2, 0.25) is 0 Å². The van der Waals surface area contributed by atoms with Gasteiger partial charge in [-0.3, -0.25) is 9.88 Å². The Kier molecular flexibility index (Phi) is 5.55. The van der Waals surface area contributed by atoms with Crippen molar-refractivity contribution in [1.29, 1.82) is 0 Å². The van der Waals surface area contributed by atoms with Crippen molar-refractivity contribution in [3.63, 3.8) is 0 Å². The summed E-state index contributed by atoms with van der Waals surface area (Å²) in [5.41, 5.74) is 2.37. The van der Waals surface area contributed by atoms with Gasteiger partial charge < -0.3 is 8.98 Å². The molecule has 3 aromatic rings. The summed E-state index contributed by atoms with van der Waals surface area (Å²) >= 11 is 1.48. The topological polar surface area (TPSA) is 60.0 Å². The molecule has 0 aliphatic rings. The monoisotopic (exact) mass is 357 g/mol. The van der Waals surface area contributed by atoms with Crippen LogP contribution in [0.5, 0.6) is 0 Å². The van der Waals surface area contributed by atoms with Gasteiger partial charge in [0.25, 0.3) is 0 Å². The number of hydrogen-bond acceptors (Lipinski definition) is 6. The fourth-order valence-electron chi connectivity index (χ4n) is 2.52. The Balaban J connectivity index is 1.57. The van der Waals surface area contributed by atoms with Gasteiger partial charge in [0, 0.05) is 31.4 Å². The highest BCUT2D eigenvalue weighted by Gasteiger charge is 2.14. The third-order valence-corrected chi connectivity index (χ3v) is 5.11. The quantitative estimate of drug-likeness (QED) is 0.646. The molecule has 0 spiro atoms. The molecular formula is C18H23N5OS. The number of aromatic nitrogens is 4. The summed E-state index contributed by atoms with van der Waals surface area (Å²) in [6, 6.07) is 8.54. The minimum Gasteiger partial charge on any atom is -0.453 e. The highest BCUT2D eigenvalue weighted by atomic mass is 32.2. The van der Waals surface area contributed by atoms with Gasteiger partial charge in [-0.25, -0.2) is 0 Å². The van der Waals surface area contributed by atoms with Gasteiger partial charge in [-0.05, 0) is 62.5 Å². The molecule has 0 aromatic carbocycles. The van der Waals surface area contributed by atoms with Gasteiger partial charge in [0.05, 0.1) is 6.54 Å². The smallest absolute Gasteiger partial charge is 0.198 e. The van der Waals surface area contributed by atoms with E-state index < -0.39 is 0 Å². The van der Waals surface area contributed by atoms with Crippen LogP contribution in [0.15, 0.2) is 51.5 Å². The Bertz CT molecular complexity index is 828. The Hall–Kier alpha value is -2.12.